The second-order valence-corrected chi connectivity index (χ2v) is 4.63. The van der Waals surface area contributed by atoms with Gasteiger partial charge in [-0.25, -0.2) is 4.79 Å². The van der Waals surface area contributed by atoms with Gasteiger partial charge in [-0.3, -0.25) is 13.9 Å². The van der Waals surface area contributed by atoms with Gasteiger partial charge in [-0.05, 0) is 12.1 Å². The first kappa shape index (κ1) is 13.1. The summed E-state index contributed by atoms with van der Waals surface area (Å²) in [6, 6.07) is 7.15. The number of benzene rings is 1. The van der Waals surface area contributed by atoms with Crippen LogP contribution in [0.15, 0.2) is 33.9 Å². The van der Waals surface area contributed by atoms with Crippen molar-refractivity contribution in [1.82, 2.24) is 9.13 Å². The highest BCUT2D eigenvalue weighted by atomic mass is 16.5. The summed E-state index contributed by atoms with van der Waals surface area (Å²) >= 11 is 0. The van der Waals surface area contributed by atoms with Gasteiger partial charge < -0.3 is 9.47 Å². The minimum Gasteiger partial charge on any atom is -0.377 e. The van der Waals surface area contributed by atoms with Crippen LogP contribution in [0.3, 0.4) is 0 Å². The highest BCUT2D eigenvalue weighted by molar-refractivity contribution is 5.77. The summed E-state index contributed by atoms with van der Waals surface area (Å²) in [7, 11) is 0. The molecule has 2 bridgehead atoms. The Morgan fingerprint density at radius 1 is 0.850 bits per heavy atom. The van der Waals surface area contributed by atoms with Crippen molar-refractivity contribution in [1.29, 1.82) is 0 Å². The van der Waals surface area contributed by atoms with Gasteiger partial charge in [0.05, 0.1) is 50.4 Å². The number of hydrogen-bond donors (Lipinski definition) is 0. The lowest BCUT2D eigenvalue weighted by Crippen LogP contribution is -2.41. The average Bonchev–Trinajstić information content (AvgIpc) is 2.50. The van der Waals surface area contributed by atoms with Crippen molar-refractivity contribution < 1.29 is 9.47 Å². The van der Waals surface area contributed by atoms with E-state index < -0.39 is 0 Å². The number of hydrogen-bond acceptors (Lipinski definition) is 4. The first-order chi connectivity index (χ1) is 9.79. The smallest absolute Gasteiger partial charge is 0.331 e. The molecular weight excluding hydrogens is 260 g/mol. The summed E-state index contributed by atoms with van der Waals surface area (Å²) in [5.74, 6) is 0. The molecule has 0 amide bonds. The highest BCUT2D eigenvalue weighted by Gasteiger charge is 2.13. The van der Waals surface area contributed by atoms with E-state index in [1.165, 1.54) is 4.57 Å². The summed E-state index contributed by atoms with van der Waals surface area (Å²) < 4.78 is 13.6. The fourth-order valence-corrected chi connectivity index (χ4v) is 2.42. The minimum atomic E-state index is -0.303. The molecular formula is C14H16N2O4. The normalized spacial score (nSPS) is 16.8. The van der Waals surface area contributed by atoms with E-state index in [1.54, 1.807) is 22.8 Å². The van der Waals surface area contributed by atoms with Gasteiger partial charge in [0.15, 0.2) is 0 Å². The maximum Gasteiger partial charge on any atom is 0.331 e. The number of nitrogens with zero attached hydrogens (tertiary/aromatic N) is 2. The van der Waals surface area contributed by atoms with Gasteiger partial charge in [0, 0.05) is 0 Å². The van der Waals surface area contributed by atoms with Gasteiger partial charge in [-0.2, -0.15) is 0 Å². The van der Waals surface area contributed by atoms with Crippen LogP contribution in [-0.2, 0) is 22.6 Å². The third-order valence-corrected chi connectivity index (χ3v) is 3.42. The maximum atomic E-state index is 12.5. The molecule has 0 unspecified atom stereocenters. The molecule has 0 saturated heterocycles. The molecule has 6 nitrogen and oxygen atoms in total. The molecule has 1 aliphatic heterocycles. The fourth-order valence-electron chi connectivity index (χ4n) is 2.42. The second-order valence-electron chi connectivity index (χ2n) is 4.63. The summed E-state index contributed by atoms with van der Waals surface area (Å²) in [6.45, 7) is 2.42. The second kappa shape index (κ2) is 5.60. The van der Waals surface area contributed by atoms with Crippen LogP contribution in [0.1, 0.15) is 0 Å². The van der Waals surface area contributed by atoms with E-state index in [4.69, 9.17) is 9.47 Å². The third kappa shape index (κ3) is 2.28. The standard InChI is InChI=1S/C14H16N2O4/c17-13-11-3-1-2-4-12(11)15-5-7-19-9-10-20-8-6-16(13)14(15)18/h1-4H,5-10H2. The van der Waals surface area contributed by atoms with Crippen LogP contribution in [0.4, 0.5) is 0 Å². The molecule has 20 heavy (non-hydrogen) atoms. The van der Waals surface area contributed by atoms with Crippen molar-refractivity contribution in [3.05, 3.63) is 45.1 Å². The van der Waals surface area contributed by atoms with E-state index in [-0.39, 0.29) is 17.8 Å². The summed E-state index contributed by atoms with van der Waals surface area (Å²) in [5, 5.41) is 0.548. The Bertz CT molecular complexity index is 732. The Kier molecular flexibility index (Phi) is 3.66. The molecule has 1 aliphatic rings. The zero-order chi connectivity index (χ0) is 13.9. The molecule has 0 radical (unpaired) electrons. The number of aromatic nitrogens is 2. The molecule has 3 rings (SSSR count). The molecule has 0 saturated carbocycles. The van der Waals surface area contributed by atoms with Gasteiger partial charge in [0.1, 0.15) is 0 Å². The van der Waals surface area contributed by atoms with E-state index in [0.717, 1.165) is 0 Å². The van der Waals surface area contributed by atoms with Crippen LogP contribution in [0, 0.1) is 0 Å². The van der Waals surface area contributed by atoms with Crippen LogP contribution in [0.5, 0.6) is 0 Å². The first-order valence-corrected chi connectivity index (χ1v) is 6.67. The van der Waals surface area contributed by atoms with Crippen LogP contribution < -0.4 is 11.2 Å². The van der Waals surface area contributed by atoms with Crippen molar-refractivity contribution in [3.63, 3.8) is 0 Å². The van der Waals surface area contributed by atoms with Gasteiger partial charge in [0.2, 0.25) is 0 Å². The Morgan fingerprint density at radius 2 is 1.50 bits per heavy atom. The molecule has 6 heteroatoms. The topological polar surface area (TPSA) is 62.5 Å². The van der Waals surface area contributed by atoms with Crippen LogP contribution in [-0.4, -0.2) is 35.6 Å². The predicted octanol–water partition coefficient (Wildman–Crippen LogP) is 0.210. The fraction of sp³-hybridized carbons (Fsp3) is 0.429. The SMILES string of the molecule is O=c1c2ccccc2n2c(=O)n1CCOCCOCC2. The Labute approximate surface area is 115 Å². The van der Waals surface area contributed by atoms with Crippen LogP contribution in [0.2, 0.25) is 0 Å². The van der Waals surface area contributed by atoms with Crippen molar-refractivity contribution in [2.45, 2.75) is 13.1 Å². The Hall–Kier alpha value is -1.92. The van der Waals surface area contributed by atoms with Crippen molar-refractivity contribution in [3.8, 4) is 0 Å². The van der Waals surface area contributed by atoms with E-state index in [2.05, 4.69) is 0 Å². The minimum absolute atomic E-state index is 0.259. The molecule has 0 atom stereocenters. The Morgan fingerprint density at radius 3 is 2.25 bits per heavy atom. The van der Waals surface area contributed by atoms with Crippen LogP contribution in [0.25, 0.3) is 10.9 Å². The molecule has 0 spiro atoms. The zero-order valence-electron chi connectivity index (χ0n) is 11.1. The molecule has 106 valence electrons. The summed E-state index contributed by atoms with van der Waals surface area (Å²) in [6.07, 6.45) is 0. The molecule has 0 fully saturated rings. The van der Waals surface area contributed by atoms with Gasteiger partial charge in [0.25, 0.3) is 5.56 Å². The summed E-state index contributed by atoms with van der Waals surface area (Å²) in [5.41, 5.74) is 0.0935. The van der Waals surface area contributed by atoms with Gasteiger partial charge in [-0.1, -0.05) is 12.1 Å². The number of fused-ring (bicyclic) bond motifs is 4. The molecule has 2 aromatic rings. The average molecular weight is 276 g/mol. The van der Waals surface area contributed by atoms with Gasteiger partial charge >= 0.3 is 5.69 Å². The van der Waals surface area contributed by atoms with Crippen LogP contribution >= 0.6 is 0 Å². The highest BCUT2D eigenvalue weighted by Crippen LogP contribution is 2.07. The number of ether oxygens (including phenoxy) is 2. The van der Waals surface area contributed by atoms with E-state index >= 15 is 0 Å². The largest absolute Gasteiger partial charge is 0.377 e. The number of rotatable bonds is 0. The molecule has 2 heterocycles. The molecule has 1 aromatic heterocycles. The lowest BCUT2D eigenvalue weighted by molar-refractivity contribution is 0.0444. The third-order valence-electron chi connectivity index (χ3n) is 3.42. The first-order valence-electron chi connectivity index (χ1n) is 6.67. The molecule has 1 aromatic carbocycles. The lowest BCUT2D eigenvalue weighted by Gasteiger charge is -2.12. The predicted molar refractivity (Wildman–Crippen MR) is 74.1 cm³/mol. The monoisotopic (exact) mass is 276 g/mol. The van der Waals surface area contributed by atoms with Crippen molar-refractivity contribution >= 4 is 10.9 Å². The zero-order valence-corrected chi connectivity index (χ0v) is 11.1. The Balaban J connectivity index is 2.25. The molecule has 0 N–H and O–H groups in total. The van der Waals surface area contributed by atoms with E-state index in [0.29, 0.717) is 43.9 Å². The van der Waals surface area contributed by atoms with Crippen molar-refractivity contribution in [2.24, 2.45) is 0 Å². The number of para-hydroxylation sites is 1. The quantitative estimate of drug-likeness (QED) is 0.690. The maximum absolute atomic E-state index is 12.5. The lowest BCUT2D eigenvalue weighted by atomic mass is 10.2. The van der Waals surface area contributed by atoms with Crippen molar-refractivity contribution in [2.75, 3.05) is 26.4 Å². The van der Waals surface area contributed by atoms with E-state index in [1.807, 2.05) is 6.07 Å². The summed E-state index contributed by atoms with van der Waals surface area (Å²) in [4.78, 5) is 24.8. The van der Waals surface area contributed by atoms with Gasteiger partial charge in [-0.15, -0.1) is 0 Å². The molecule has 0 aliphatic carbocycles. The van der Waals surface area contributed by atoms with E-state index in [9.17, 15) is 9.59 Å².